The molecule has 0 unspecified atom stereocenters. The zero-order chi connectivity index (χ0) is 21.1. The van der Waals surface area contributed by atoms with Gasteiger partial charge in [0.2, 0.25) is 0 Å². The highest BCUT2D eigenvalue weighted by molar-refractivity contribution is 5.93. The standard InChI is InChI=1S/C21H19N3O6/c25-20(18-8-7-17(30-18)14-3-5-16(6-4-14)24(27)28)22-15-9-11-23(12-10-15)21(26)19-2-1-13-29-19/h1-8,13,15H,9-12H2,(H,22,25). The first kappa shape index (κ1) is 19.4. The van der Waals surface area contributed by atoms with E-state index in [1.165, 1.54) is 18.4 Å². The minimum absolute atomic E-state index is 0.0138. The number of hydrogen-bond acceptors (Lipinski definition) is 6. The summed E-state index contributed by atoms with van der Waals surface area (Å²) in [7, 11) is 0. The predicted molar refractivity (Wildman–Crippen MR) is 106 cm³/mol. The van der Waals surface area contributed by atoms with Gasteiger partial charge in [0.15, 0.2) is 11.5 Å². The van der Waals surface area contributed by atoms with Crippen LogP contribution in [0.1, 0.15) is 34.0 Å². The number of likely N-dealkylation sites (tertiary alicyclic amines) is 1. The molecular weight excluding hydrogens is 390 g/mol. The normalized spacial score (nSPS) is 14.5. The molecule has 0 aliphatic carbocycles. The monoisotopic (exact) mass is 409 g/mol. The van der Waals surface area contributed by atoms with Crippen molar-refractivity contribution in [2.75, 3.05) is 13.1 Å². The van der Waals surface area contributed by atoms with Gasteiger partial charge in [-0.25, -0.2) is 0 Å². The Morgan fingerprint density at radius 2 is 1.77 bits per heavy atom. The van der Waals surface area contributed by atoms with E-state index in [0.29, 0.717) is 43.0 Å². The number of hydrogen-bond donors (Lipinski definition) is 1. The van der Waals surface area contributed by atoms with Gasteiger partial charge in [-0.2, -0.15) is 0 Å². The van der Waals surface area contributed by atoms with Gasteiger partial charge < -0.3 is 19.1 Å². The lowest BCUT2D eigenvalue weighted by molar-refractivity contribution is -0.384. The summed E-state index contributed by atoms with van der Waals surface area (Å²) in [4.78, 5) is 36.8. The van der Waals surface area contributed by atoms with Crippen LogP contribution in [0.4, 0.5) is 5.69 Å². The molecule has 0 atom stereocenters. The first-order valence-corrected chi connectivity index (χ1v) is 9.49. The quantitative estimate of drug-likeness (QED) is 0.509. The second kappa shape index (κ2) is 8.24. The van der Waals surface area contributed by atoms with Crippen LogP contribution in [0.2, 0.25) is 0 Å². The van der Waals surface area contributed by atoms with Crippen LogP contribution < -0.4 is 5.32 Å². The number of nitro benzene ring substituents is 1. The van der Waals surface area contributed by atoms with E-state index < -0.39 is 4.92 Å². The van der Waals surface area contributed by atoms with Gasteiger partial charge in [-0.3, -0.25) is 19.7 Å². The fraction of sp³-hybridized carbons (Fsp3) is 0.238. The smallest absolute Gasteiger partial charge is 0.289 e. The number of non-ortho nitro benzene ring substituents is 1. The molecule has 0 spiro atoms. The second-order valence-electron chi connectivity index (χ2n) is 6.99. The van der Waals surface area contributed by atoms with Gasteiger partial charge in [-0.1, -0.05) is 0 Å². The van der Waals surface area contributed by atoms with E-state index >= 15 is 0 Å². The minimum Gasteiger partial charge on any atom is -0.459 e. The number of carbonyl (C=O) groups excluding carboxylic acids is 2. The topological polar surface area (TPSA) is 119 Å². The lowest BCUT2D eigenvalue weighted by Gasteiger charge is -2.31. The maximum atomic E-state index is 12.5. The summed E-state index contributed by atoms with van der Waals surface area (Å²) >= 11 is 0. The fourth-order valence-corrected chi connectivity index (χ4v) is 3.40. The molecule has 2 aromatic heterocycles. The van der Waals surface area contributed by atoms with Crippen LogP contribution in [-0.4, -0.2) is 40.8 Å². The molecule has 1 aromatic carbocycles. The van der Waals surface area contributed by atoms with Gasteiger partial charge in [0, 0.05) is 36.8 Å². The zero-order valence-corrected chi connectivity index (χ0v) is 15.9. The zero-order valence-electron chi connectivity index (χ0n) is 15.9. The van der Waals surface area contributed by atoms with E-state index in [4.69, 9.17) is 8.83 Å². The molecule has 2 amide bonds. The van der Waals surface area contributed by atoms with E-state index in [1.807, 2.05) is 0 Å². The largest absolute Gasteiger partial charge is 0.459 e. The highest BCUT2D eigenvalue weighted by Gasteiger charge is 2.26. The van der Waals surface area contributed by atoms with Crippen molar-refractivity contribution in [1.29, 1.82) is 0 Å². The predicted octanol–water partition coefficient (Wildman–Crippen LogP) is 3.48. The number of amides is 2. The van der Waals surface area contributed by atoms with E-state index in [2.05, 4.69) is 5.32 Å². The Morgan fingerprint density at radius 3 is 2.40 bits per heavy atom. The van der Waals surface area contributed by atoms with Crippen LogP contribution >= 0.6 is 0 Å². The Bertz CT molecular complexity index is 1050. The summed E-state index contributed by atoms with van der Waals surface area (Å²) in [5.41, 5.74) is 0.629. The number of nitro groups is 1. The van der Waals surface area contributed by atoms with Crippen LogP contribution in [0.5, 0.6) is 0 Å². The third kappa shape index (κ3) is 4.09. The number of carbonyl (C=O) groups is 2. The molecular formula is C21H19N3O6. The summed E-state index contributed by atoms with van der Waals surface area (Å²) in [6.45, 7) is 1.05. The molecule has 1 aliphatic rings. The summed E-state index contributed by atoms with van der Waals surface area (Å²) in [5.74, 6) is 0.445. The molecule has 9 nitrogen and oxygen atoms in total. The highest BCUT2D eigenvalue weighted by atomic mass is 16.6. The van der Waals surface area contributed by atoms with Crippen molar-refractivity contribution in [3.05, 3.63) is 76.4 Å². The van der Waals surface area contributed by atoms with Gasteiger partial charge in [0.1, 0.15) is 5.76 Å². The second-order valence-corrected chi connectivity index (χ2v) is 6.99. The summed E-state index contributed by atoms with van der Waals surface area (Å²) in [6.07, 6.45) is 2.73. The van der Waals surface area contributed by atoms with Gasteiger partial charge in [-0.15, -0.1) is 0 Å². The van der Waals surface area contributed by atoms with Gasteiger partial charge in [-0.05, 0) is 49.2 Å². The van der Waals surface area contributed by atoms with Gasteiger partial charge in [0.05, 0.1) is 11.2 Å². The number of benzene rings is 1. The molecule has 0 saturated carbocycles. The molecule has 30 heavy (non-hydrogen) atoms. The van der Waals surface area contributed by atoms with Crippen molar-refractivity contribution in [2.45, 2.75) is 18.9 Å². The van der Waals surface area contributed by atoms with E-state index in [-0.39, 0.29) is 29.3 Å². The van der Waals surface area contributed by atoms with Crippen molar-refractivity contribution >= 4 is 17.5 Å². The maximum absolute atomic E-state index is 12.5. The molecule has 9 heteroatoms. The summed E-state index contributed by atoms with van der Waals surface area (Å²) in [5, 5.41) is 13.7. The molecule has 1 fully saturated rings. The first-order valence-electron chi connectivity index (χ1n) is 9.49. The molecule has 1 N–H and O–H groups in total. The SMILES string of the molecule is O=C(NC1CCN(C(=O)c2ccco2)CC1)c1ccc(-c2ccc([N+](=O)[O-])cc2)o1. The Balaban J connectivity index is 1.33. The number of furan rings is 2. The molecule has 0 radical (unpaired) electrons. The average molecular weight is 409 g/mol. The van der Waals surface area contributed by atoms with Crippen molar-refractivity contribution in [3.8, 4) is 11.3 Å². The number of nitrogens with zero attached hydrogens (tertiary/aromatic N) is 2. The fourth-order valence-electron chi connectivity index (χ4n) is 3.40. The third-order valence-electron chi connectivity index (χ3n) is 5.04. The van der Waals surface area contributed by atoms with Crippen molar-refractivity contribution in [3.63, 3.8) is 0 Å². The van der Waals surface area contributed by atoms with Crippen LogP contribution in [0.15, 0.2) is 63.6 Å². The van der Waals surface area contributed by atoms with Crippen LogP contribution in [0.25, 0.3) is 11.3 Å². The lowest BCUT2D eigenvalue weighted by atomic mass is 10.0. The molecule has 1 aliphatic heterocycles. The number of nitrogens with one attached hydrogen (secondary N) is 1. The maximum Gasteiger partial charge on any atom is 0.289 e. The first-order chi connectivity index (χ1) is 14.5. The van der Waals surface area contributed by atoms with Crippen LogP contribution in [0.3, 0.4) is 0 Å². The Labute approximate surface area is 171 Å². The molecule has 1 saturated heterocycles. The summed E-state index contributed by atoms with van der Waals surface area (Å²) < 4.78 is 10.8. The third-order valence-corrected chi connectivity index (χ3v) is 5.04. The minimum atomic E-state index is -0.474. The van der Waals surface area contributed by atoms with Crippen molar-refractivity contribution in [2.24, 2.45) is 0 Å². The number of piperidine rings is 1. The van der Waals surface area contributed by atoms with Crippen LogP contribution in [0, 0.1) is 10.1 Å². The molecule has 4 rings (SSSR count). The van der Waals surface area contributed by atoms with Crippen molar-refractivity contribution < 1.29 is 23.3 Å². The van der Waals surface area contributed by atoms with E-state index in [0.717, 1.165) is 0 Å². The highest BCUT2D eigenvalue weighted by Crippen LogP contribution is 2.25. The Morgan fingerprint density at radius 1 is 1.03 bits per heavy atom. The molecule has 3 aromatic rings. The Hall–Kier alpha value is -3.88. The summed E-state index contributed by atoms with van der Waals surface area (Å²) in [6, 6.07) is 12.4. The number of rotatable bonds is 5. The lowest BCUT2D eigenvalue weighted by Crippen LogP contribution is -2.46. The Kier molecular flexibility index (Phi) is 5.34. The van der Waals surface area contributed by atoms with Crippen molar-refractivity contribution in [1.82, 2.24) is 10.2 Å². The van der Waals surface area contributed by atoms with Crippen LogP contribution in [-0.2, 0) is 0 Å². The van der Waals surface area contributed by atoms with E-state index in [1.54, 1.807) is 41.3 Å². The van der Waals surface area contributed by atoms with Gasteiger partial charge in [0.25, 0.3) is 17.5 Å². The average Bonchev–Trinajstić information content (AvgIpc) is 3.46. The molecule has 154 valence electrons. The van der Waals surface area contributed by atoms with E-state index in [9.17, 15) is 19.7 Å². The van der Waals surface area contributed by atoms with Gasteiger partial charge >= 0.3 is 0 Å². The molecule has 0 bridgehead atoms. The molecule has 3 heterocycles.